The summed E-state index contributed by atoms with van der Waals surface area (Å²) in [5, 5.41) is 9.00. The molecule has 0 saturated heterocycles. The quantitative estimate of drug-likeness (QED) is 0.875. The van der Waals surface area contributed by atoms with Gasteiger partial charge >= 0.3 is 5.97 Å². The van der Waals surface area contributed by atoms with E-state index in [0.29, 0.717) is 5.56 Å². The van der Waals surface area contributed by atoms with Gasteiger partial charge in [0.15, 0.2) is 0 Å². The minimum absolute atomic E-state index is 0.0221. The molecule has 0 radical (unpaired) electrons. The van der Waals surface area contributed by atoms with Gasteiger partial charge in [-0.1, -0.05) is 42.5 Å². The normalized spacial score (nSPS) is 10.2. The molecule has 1 N–H and O–H groups in total. The molecule has 0 unspecified atom stereocenters. The third kappa shape index (κ3) is 2.18. The third-order valence-corrected chi connectivity index (χ3v) is 2.62. The molecule has 0 amide bonds. The van der Waals surface area contributed by atoms with Crippen molar-refractivity contribution < 1.29 is 14.3 Å². The second-order valence-corrected chi connectivity index (χ2v) is 3.64. The number of rotatable bonds is 3. The molecule has 0 atom stereocenters. The number of carboxylic acids is 1. The fraction of sp³-hybridized carbons (Fsp3) is 0.0714. The van der Waals surface area contributed by atoms with Crippen molar-refractivity contribution in [3.8, 4) is 11.1 Å². The van der Waals surface area contributed by atoms with E-state index >= 15 is 0 Å². The van der Waals surface area contributed by atoms with Crippen molar-refractivity contribution in [2.45, 2.75) is 6.67 Å². The van der Waals surface area contributed by atoms with E-state index < -0.39 is 12.6 Å². The fourth-order valence-corrected chi connectivity index (χ4v) is 1.82. The highest BCUT2D eigenvalue weighted by atomic mass is 19.1. The van der Waals surface area contributed by atoms with Crippen LogP contribution in [0, 0.1) is 0 Å². The van der Waals surface area contributed by atoms with Crippen molar-refractivity contribution in [1.82, 2.24) is 0 Å². The molecular formula is C14H11FO2. The molecular weight excluding hydrogens is 219 g/mol. The fourth-order valence-electron chi connectivity index (χ4n) is 1.82. The maximum absolute atomic E-state index is 13.0. The van der Waals surface area contributed by atoms with Crippen LogP contribution >= 0.6 is 0 Å². The Morgan fingerprint density at radius 1 is 1.06 bits per heavy atom. The van der Waals surface area contributed by atoms with E-state index in [0.717, 1.165) is 5.56 Å². The molecule has 2 nitrogen and oxygen atoms in total. The van der Waals surface area contributed by atoms with Gasteiger partial charge in [0.25, 0.3) is 0 Å². The lowest BCUT2D eigenvalue weighted by Crippen LogP contribution is -2.02. The van der Waals surface area contributed by atoms with Crippen LogP contribution in [-0.4, -0.2) is 11.1 Å². The molecule has 0 heterocycles. The summed E-state index contributed by atoms with van der Waals surface area (Å²) >= 11 is 0. The van der Waals surface area contributed by atoms with Crippen LogP contribution in [0.2, 0.25) is 0 Å². The number of hydrogen-bond donors (Lipinski definition) is 1. The zero-order valence-electron chi connectivity index (χ0n) is 9.06. The Morgan fingerprint density at radius 3 is 2.35 bits per heavy atom. The molecule has 2 aromatic rings. The van der Waals surface area contributed by atoms with Gasteiger partial charge in [-0.05, 0) is 17.2 Å². The molecule has 17 heavy (non-hydrogen) atoms. The van der Waals surface area contributed by atoms with Gasteiger partial charge in [0.2, 0.25) is 0 Å². The zero-order chi connectivity index (χ0) is 12.3. The Kier molecular flexibility index (Phi) is 3.19. The summed E-state index contributed by atoms with van der Waals surface area (Å²) in [5.74, 6) is -1.10. The Bertz CT molecular complexity index is 535. The smallest absolute Gasteiger partial charge is 0.336 e. The van der Waals surface area contributed by atoms with Crippen LogP contribution in [0.15, 0.2) is 48.5 Å². The molecule has 2 aromatic carbocycles. The van der Waals surface area contributed by atoms with E-state index in [1.54, 1.807) is 12.1 Å². The van der Waals surface area contributed by atoms with Gasteiger partial charge in [0, 0.05) is 5.56 Å². The average molecular weight is 230 g/mol. The van der Waals surface area contributed by atoms with Crippen LogP contribution < -0.4 is 0 Å². The maximum Gasteiger partial charge on any atom is 0.336 e. The van der Waals surface area contributed by atoms with Crippen molar-refractivity contribution in [3.05, 3.63) is 59.7 Å². The van der Waals surface area contributed by atoms with Gasteiger partial charge in [-0.25, -0.2) is 9.18 Å². The van der Waals surface area contributed by atoms with Crippen molar-refractivity contribution in [1.29, 1.82) is 0 Å². The highest BCUT2D eigenvalue weighted by molar-refractivity contribution is 5.92. The first-order valence-corrected chi connectivity index (χ1v) is 5.20. The molecule has 0 aromatic heterocycles. The van der Waals surface area contributed by atoms with Gasteiger partial charge in [-0.3, -0.25) is 0 Å². The van der Waals surface area contributed by atoms with Crippen LogP contribution in [0.1, 0.15) is 15.9 Å². The first-order chi connectivity index (χ1) is 8.24. The van der Waals surface area contributed by atoms with Crippen LogP contribution in [0.5, 0.6) is 0 Å². The molecule has 0 spiro atoms. The number of carbonyl (C=O) groups is 1. The molecule has 0 aliphatic rings. The van der Waals surface area contributed by atoms with Crippen molar-refractivity contribution >= 4 is 5.97 Å². The van der Waals surface area contributed by atoms with E-state index in [-0.39, 0.29) is 11.1 Å². The Hall–Kier alpha value is -2.16. The maximum atomic E-state index is 13.0. The van der Waals surface area contributed by atoms with Crippen molar-refractivity contribution in [2.24, 2.45) is 0 Å². The summed E-state index contributed by atoms with van der Waals surface area (Å²) < 4.78 is 13.0. The van der Waals surface area contributed by atoms with Crippen LogP contribution in [-0.2, 0) is 6.67 Å². The molecule has 86 valence electrons. The standard InChI is InChI=1S/C14H11FO2/c15-9-13-11(10-5-2-1-3-6-10)7-4-8-12(13)14(16)17/h1-8H,9H2,(H,16,17). The monoisotopic (exact) mass is 230 g/mol. The lowest BCUT2D eigenvalue weighted by molar-refractivity contribution is 0.0695. The third-order valence-electron chi connectivity index (χ3n) is 2.62. The molecule has 3 heteroatoms. The number of alkyl halides is 1. The van der Waals surface area contributed by atoms with Crippen LogP contribution in [0.25, 0.3) is 11.1 Å². The highest BCUT2D eigenvalue weighted by Crippen LogP contribution is 2.27. The largest absolute Gasteiger partial charge is 0.478 e. The molecule has 0 aliphatic carbocycles. The average Bonchev–Trinajstić information content (AvgIpc) is 2.38. The van der Waals surface area contributed by atoms with Gasteiger partial charge in [-0.2, -0.15) is 0 Å². The molecule has 0 bridgehead atoms. The minimum atomic E-state index is -1.10. The second kappa shape index (κ2) is 4.78. The van der Waals surface area contributed by atoms with Crippen LogP contribution in [0.3, 0.4) is 0 Å². The van der Waals surface area contributed by atoms with Gasteiger partial charge in [0.05, 0.1) is 5.56 Å². The van der Waals surface area contributed by atoms with Gasteiger partial charge < -0.3 is 5.11 Å². The van der Waals surface area contributed by atoms with E-state index in [9.17, 15) is 9.18 Å². The summed E-state index contributed by atoms with van der Waals surface area (Å²) in [4.78, 5) is 11.0. The molecule has 2 rings (SSSR count). The Morgan fingerprint density at radius 2 is 1.76 bits per heavy atom. The topological polar surface area (TPSA) is 37.3 Å². The Balaban J connectivity index is 2.63. The van der Waals surface area contributed by atoms with Crippen molar-refractivity contribution in [2.75, 3.05) is 0 Å². The molecule has 0 fully saturated rings. The molecule has 0 saturated carbocycles. The predicted octanol–water partition coefficient (Wildman–Crippen LogP) is 3.52. The first-order valence-electron chi connectivity index (χ1n) is 5.20. The highest BCUT2D eigenvalue weighted by Gasteiger charge is 2.14. The van der Waals surface area contributed by atoms with E-state index in [4.69, 9.17) is 5.11 Å². The number of aromatic carboxylic acids is 1. The molecule has 0 aliphatic heterocycles. The van der Waals surface area contributed by atoms with Gasteiger partial charge in [0.1, 0.15) is 6.67 Å². The van der Waals surface area contributed by atoms with E-state index in [1.165, 1.54) is 6.07 Å². The summed E-state index contributed by atoms with van der Waals surface area (Å²) in [7, 11) is 0. The number of halogens is 1. The predicted molar refractivity (Wildman–Crippen MR) is 63.6 cm³/mol. The van der Waals surface area contributed by atoms with Crippen molar-refractivity contribution in [3.63, 3.8) is 0 Å². The summed E-state index contributed by atoms with van der Waals surface area (Å²) in [6.07, 6.45) is 0. The lowest BCUT2D eigenvalue weighted by atomic mass is 9.96. The summed E-state index contributed by atoms with van der Waals surface area (Å²) in [6.45, 7) is -0.785. The summed E-state index contributed by atoms with van der Waals surface area (Å²) in [6, 6.07) is 14.0. The number of carboxylic acid groups (broad SMARTS) is 1. The second-order valence-electron chi connectivity index (χ2n) is 3.64. The number of benzene rings is 2. The van der Waals surface area contributed by atoms with Crippen LogP contribution in [0.4, 0.5) is 4.39 Å². The first kappa shape index (κ1) is 11.3. The Labute approximate surface area is 98.3 Å². The number of hydrogen-bond acceptors (Lipinski definition) is 1. The lowest BCUT2D eigenvalue weighted by Gasteiger charge is -2.09. The minimum Gasteiger partial charge on any atom is -0.478 e. The van der Waals surface area contributed by atoms with E-state index in [1.807, 2.05) is 30.3 Å². The summed E-state index contributed by atoms with van der Waals surface area (Å²) in [5.41, 5.74) is 1.70. The SMILES string of the molecule is O=C(O)c1cccc(-c2ccccc2)c1CF. The zero-order valence-corrected chi connectivity index (χ0v) is 9.06. The van der Waals surface area contributed by atoms with Gasteiger partial charge in [-0.15, -0.1) is 0 Å². The van der Waals surface area contributed by atoms with E-state index in [2.05, 4.69) is 0 Å².